The average Bonchev–Trinajstić information content (AvgIpc) is 2.90. The lowest BCUT2D eigenvalue weighted by molar-refractivity contribution is 0.0660. The van der Waals surface area contributed by atoms with Crippen molar-refractivity contribution in [2.24, 2.45) is 0 Å². The molecule has 4 heteroatoms. The molecule has 0 aliphatic rings. The first-order chi connectivity index (χ1) is 9.20. The van der Waals surface area contributed by atoms with E-state index in [-0.39, 0.29) is 11.8 Å². The number of hydrogen-bond acceptors (Lipinski definition) is 3. The van der Waals surface area contributed by atoms with Gasteiger partial charge in [-0.1, -0.05) is 37.3 Å². The number of hydrogen-bond donors (Lipinski definition) is 2. The van der Waals surface area contributed by atoms with E-state index in [0.29, 0.717) is 12.3 Å². The zero-order valence-corrected chi connectivity index (χ0v) is 10.8. The molecule has 2 N–H and O–H groups in total. The summed E-state index contributed by atoms with van der Waals surface area (Å²) in [6.07, 6.45) is 0.955. The van der Waals surface area contributed by atoms with E-state index < -0.39 is 5.97 Å². The summed E-state index contributed by atoms with van der Waals surface area (Å²) in [4.78, 5) is 10.7. The fourth-order valence-corrected chi connectivity index (χ4v) is 1.99. The molecule has 0 bridgehead atoms. The average molecular weight is 259 g/mol. The van der Waals surface area contributed by atoms with Crippen molar-refractivity contribution >= 4 is 5.97 Å². The first-order valence-electron chi connectivity index (χ1n) is 6.31. The van der Waals surface area contributed by atoms with Crippen LogP contribution in [0.2, 0.25) is 0 Å². The van der Waals surface area contributed by atoms with E-state index in [9.17, 15) is 4.79 Å². The number of carbonyl (C=O) groups is 1. The van der Waals surface area contributed by atoms with Crippen LogP contribution in [0.4, 0.5) is 0 Å². The van der Waals surface area contributed by atoms with Gasteiger partial charge >= 0.3 is 5.97 Å². The monoisotopic (exact) mass is 259 g/mol. The van der Waals surface area contributed by atoms with Crippen molar-refractivity contribution in [3.05, 3.63) is 59.5 Å². The predicted molar refractivity (Wildman–Crippen MR) is 72.0 cm³/mol. The van der Waals surface area contributed by atoms with Gasteiger partial charge in [-0.3, -0.25) is 0 Å². The van der Waals surface area contributed by atoms with Crippen molar-refractivity contribution in [1.29, 1.82) is 0 Å². The van der Waals surface area contributed by atoms with Gasteiger partial charge in [-0.2, -0.15) is 0 Å². The second-order valence-corrected chi connectivity index (χ2v) is 4.32. The second-order valence-electron chi connectivity index (χ2n) is 4.32. The maximum absolute atomic E-state index is 10.7. The second kappa shape index (κ2) is 6.20. The van der Waals surface area contributed by atoms with Gasteiger partial charge in [-0.15, -0.1) is 0 Å². The zero-order valence-electron chi connectivity index (χ0n) is 10.8. The van der Waals surface area contributed by atoms with Crippen molar-refractivity contribution in [3.8, 4) is 0 Å². The summed E-state index contributed by atoms with van der Waals surface area (Å²) in [5.74, 6) is -0.433. The minimum Gasteiger partial charge on any atom is -0.475 e. The smallest absolute Gasteiger partial charge is 0.371 e. The molecule has 1 heterocycles. The number of nitrogens with one attached hydrogen (secondary N) is 1. The fourth-order valence-electron chi connectivity index (χ4n) is 1.99. The summed E-state index contributed by atoms with van der Waals surface area (Å²) in [6.45, 7) is 2.62. The fraction of sp³-hybridized carbons (Fsp3) is 0.267. The number of benzene rings is 1. The minimum atomic E-state index is -1.04. The Morgan fingerprint density at radius 1 is 1.26 bits per heavy atom. The number of aromatic carboxylic acids is 1. The van der Waals surface area contributed by atoms with Crippen LogP contribution in [0, 0.1) is 0 Å². The molecule has 0 amide bonds. The van der Waals surface area contributed by atoms with E-state index in [2.05, 4.69) is 24.4 Å². The molecule has 0 radical (unpaired) electrons. The van der Waals surface area contributed by atoms with E-state index in [1.165, 1.54) is 11.6 Å². The predicted octanol–water partition coefficient (Wildman–Crippen LogP) is 3.22. The number of furan rings is 1. The third-order valence-electron chi connectivity index (χ3n) is 3.01. The molecule has 2 aromatic rings. The summed E-state index contributed by atoms with van der Waals surface area (Å²) in [5, 5.41) is 12.2. The topological polar surface area (TPSA) is 62.5 Å². The molecule has 1 unspecified atom stereocenters. The van der Waals surface area contributed by atoms with Crippen LogP contribution in [0.5, 0.6) is 0 Å². The maximum atomic E-state index is 10.7. The highest BCUT2D eigenvalue weighted by Gasteiger charge is 2.11. The maximum Gasteiger partial charge on any atom is 0.371 e. The highest BCUT2D eigenvalue weighted by Crippen LogP contribution is 2.17. The van der Waals surface area contributed by atoms with Gasteiger partial charge in [0, 0.05) is 6.04 Å². The van der Waals surface area contributed by atoms with Crippen LogP contribution >= 0.6 is 0 Å². The summed E-state index contributed by atoms with van der Waals surface area (Å²) in [5.41, 5.74) is 1.22. The third kappa shape index (κ3) is 3.45. The van der Waals surface area contributed by atoms with Gasteiger partial charge in [-0.25, -0.2) is 4.79 Å². The van der Waals surface area contributed by atoms with Gasteiger partial charge in [0.05, 0.1) is 6.54 Å². The Morgan fingerprint density at radius 3 is 2.58 bits per heavy atom. The van der Waals surface area contributed by atoms with Crippen LogP contribution in [0.25, 0.3) is 0 Å². The van der Waals surface area contributed by atoms with E-state index in [1.54, 1.807) is 6.07 Å². The summed E-state index contributed by atoms with van der Waals surface area (Å²) >= 11 is 0. The van der Waals surface area contributed by atoms with Crippen molar-refractivity contribution in [3.63, 3.8) is 0 Å². The van der Waals surface area contributed by atoms with E-state index in [4.69, 9.17) is 9.52 Å². The molecule has 19 heavy (non-hydrogen) atoms. The van der Waals surface area contributed by atoms with Crippen LogP contribution in [-0.4, -0.2) is 11.1 Å². The van der Waals surface area contributed by atoms with E-state index >= 15 is 0 Å². The molecule has 2 rings (SSSR count). The summed E-state index contributed by atoms with van der Waals surface area (Å²) in [6, 6.07) is 13.6. The SMILES string of the molecule is CCC(NCc1ccc(C(=O)O)o1)c1ccccc1. The van der Waals surface area contributed by atoms with Crippen LogP contribution < -0.4 is 5.32 Å². The molecule has 1 aromatic heterocycles. The third-order valence-corrected chi connectivity index (χ3v) is 3.01. The normalized spacial score (nSPS) is 12.3. The van der Waals surface area contributed by atoms with Crippen LogP contribution in [0.1, 0.15) is 41.3 Å². The molecule has 1 atom stereocenters. The Kier molecular flexibility index (Phi) is 4.36. The van der Waals surface area contributed by atoms with E-state index in [1.807, 2.05) is 18.2 Å². The molecule has 1 aromatic carbocycles. The molecule has 0 saturated heterocycles. The van der Waals surface area contributed by atoms with Crippen molar-refractivity contribution in [1.82, 2.24) is 5.32 Å². The summed E-state index contributed by atoms with van der Waals surface area (Å²) in [7, 11) is 0. The van der Waals surface area contributed by atoms with Crippen molar-refractivity contribution in [2.75, 3.05) is 0 Å². The molecule has 0 aliphatic carbocycles. The van der Waals surface area contributed by atoms with Crippen molar-refractivity contribution in [2.45, 2.75) is 25.9 Å². The first-order valence-corrected chi connectivity index (χ1v) is 6.31. The molecule has 4 nitrogen and oxygen atoms in total. The van der Waals surface area contributed by atoms with Crippen molar-refractivity contribution < 1.29 is 14.3 Å². The lowest BCUT2D eigenvalue weighted by Crippen LogP contribution is -2.19. The Labute approximate surface area is 112 Å². The Hall–Kier alpha value is -2.07. The zero-order chi connectivity index (χ0) is 13.7. The highest BCUT2D eigenvalue weighted by molar-refractivity contribution is 5.84. The van der Waals surface area contributed by atoms with Gasteiger partial charge in [-0.05, 0) is 24.1 Å². The number of carboxylic acid groups (broad SMARTS) is 1. The van der Waals surface area contributed by atoms with Gasteiger partial charge in [0.15, 0.2) is 0 Å². The molecule has 0 saturated carbocycles. The molecule has 0 spiro atoms. The van der Waals surface area contributed by atoms with Gasteiger partial charge < -0.3 is 14.8 Å². The molecule has 0 fully saturated rings. The Balaban J connectivity index is 1.98. The lowest BCUT2D eigenvalue weighted by atomic mass is 10.0. The standard InChI is InChI=1S/C15H17NO3/c1-2-13(11-6-4-3-5-7-11)16-10-12-8-9-14(19-12)15(17)18/h3-9,13,16H,2,10H2,1H3,(H,17,18). The van der Waals surface area contributed by atoms with E-state index in [0.717, 1.165) is 6.42 Å². The van der Waals surface area contributed by atoms with Gasteiger partial charge in [0.2, 0.25) is 5.76 Å². The van der Waals surface area contributed by atoms with Crippen LogP contribution in [-0.2, 0) is 6.54 Å². The minimum absolute atomic E-state index is 0.0236. The largest absolute Gasteiger partial charge is 0.475 e. The molecule has 100 valence electrons. The number of rotatable bonds is 6. The quantitative estimate of drug-likeness (QED) is 0.836. The molecule has 0 aliphatic heterocycles. The van der Waals surface area contributed by atoms with Crippen LogP contribution in [0.3, 0.4) is 0 Å². The first kappa shape index (κ1) is 13.4. The highest BCUT2D eigenvalue weighted by atomic mass is 16.4. The molecular formula is C15H17NO3. The van der Waals surface area contributed by atoms with Gasteiger partial charge in [0.25, 0.3) is 0 Å². The Bertz CT molecular complexity index is 533. The number of carboxylic acids is 1. The molecular weight excluding hydrogens is 242 g/mol. The van der Waals surface area contributed by atoms with Crippen LogP contribution in [0.15, 0.2) is 46.9 Å². The van der Waals surface area contributed by atoms with Gasteiger partial charge in [0.1, 0.15) is 5.76 Å². The Morgan fingerprint density at radius 2 is 2.00 bits per heavy atom. The lowest BCUT2D eigenvalue weighted by Gasteiger charge is -2.16. The summed E-state index contributed by atoms with van der Waals surface area (Å²) < 4.78 is 5.21.